The summed E-state index contributed by atoms with van der Waals surface area (Å²) < 4.78 is 16.0. The van der Waals surface area contributed by atoms with Gasteiger partial charge in [-0.25, -0.2) is 0 Å². The van der Waals surface area contributed by atoms with Crippen molar-refractivity contribution in [1.29, 1.82) is 0 Å². The fraction of sp³-hybridized carbons (Fsp3) is 0.105. The summed E-state index contributed by atoms with van der Waals surface area (Å²) in [6.45, 7) is 0. The van der Waals surface area contributed by atoms with Crippen LogP contribution in [0.25, 0.3) is 6.08 Å². The maximum Gasteiger partial charge on any atom is 0.242 e. The van der Waals surface area contributed by atoms with Gasteiger partial charge >= 0.3 is 0 Å². The lowest BCUT2D eigenvalue weighted by atomic mass is 10.2. The lowest BCUT2D eigenvalue weighted by Gasteiger charge is -2.18. The normalized spacial score (nSPS) is 17.2. The molecule has 5 nitrogen and oxygen atoms in total. The maximum absolute atomic E-state index is 12.3. The highest BCUT2D eigenvalue weighted by Gasteiger charge is 2.28. The van der Waals surface area contributed by atoms with Crippen molar-refractivity contribution in [2.45, 2.75) is 0 Å². The van der Waals surface area contributed by atoms with Crippen LogP contribution in [-0.4, -0.2) is 18.8 Å². The number of amides is 1. The van der Waals surface area contributed by atoms with Gasteiger partial charge in [0.15, 0.2) is 11.5 Å². The Bertz CT molecular complexity index is 873. The first kappa shape index (κ1) is 15.7. The molecule has 0 saturated carbocycles. The lowest BCUT2D eigenvalue weighted by molar-refractivity contribution is -0.115. The molecular weight excluding hydrogens is 338 g/mol. The lowest BCUT2D eigenvalue weighted by Crippen LogP contribution is -2.23. The molecule has 0 N–H and O–H groups in total. The molecule has 0 unspecified atom stereocenters. The van der Waals surface area contributed by atoms with E-state index in [1.807, 2.05) is 48.5 Å². The van der Waals surface area contributed by atoms with Crippen molar-refractivity contribution in [3.63, 3.8) is 0 Å². The van der Waals surface area contributed by atoms with Gasteiger partial charge in [-0.05, 0) is 48.0 Å². The highest BCUT2D eigenvalue weighted by molar-refractivity contribution is 8.04. The number of methoxy groups -OCH3 is 1. The van der Waals surface area contributed by atoms with E-state index in [9.17, 15) is 4.79 Å². The van der Waals surface area contributed by atoms with E-state index in [0.717, 1.165) is 22.0 Å². The SMILES string of the molecule is COc1ccc(N2C(=O)CSC2=Cc2ccc3c(c2)OC=CO3)cc1. The summed E-state index contributed by atoms with van der Waals surface area (Å²) >= 11 is 1.52. The summed E-state index contributed by atoms with van der Waals surface area (Å²) in [5.74, 6) is 2.56. The molecule has 0 aliphatic carbocycles. The van der Waals surface area contributed by atoms with E-state index < -0.39 is 0 Å². The molecule has 2 aliphatic heterocycles. The van der Waals surface area contributed by atoms with Gasteiger partial charge < -0.3 is 14.2 Å². The number of hydrogen-bond donors (Lipinski definition) is 0. The first-order valence-corrected chi connectivity index (χ1v) is 8.67. The smallest absolute Gasteiger partial charge is 0.242 e. The zero-order valence-electron chi connectivity index (χ0n) is 13.5. The van der Waals surface area contributed by atoms with Gasteiger partial charge in [0.1, 0.15) is 18.3 Å². The van der Waals surface area contributed by atoms with Gasteiger partial charge in [-0.2, -0.15) is 0 Å². The van der Waals surface area contributed by atoms with Gasteiger partial charge in [0, 0.05) is 5.69 Å². The third kappa shape index (κ3) is 3.08. The molecule has 4 rings (SSSR count). The number of benzene rings is 2. The average Bonchev–Trinajstić information content (AvgIpc) is 3.02. The van der Waals surface area contributed by atoms with Crippen molar-refractivity contribution in [3.05, 3.63) is 65.6 Å². The van der Waals surface area contributed by atoms with Gasteiger partial charge in [-0.3, -0.25) is 9.69 Å². The highest BCUT2D eigenvalue weighted by Crippen LogP contribution is 2.37. The molecule has 1 fully saturated rings. The number of carbonyl (C=O) groups is 1. The fourth-order valence-electron chi connectivity index (χ4n) is 2.65. The molecule has 0 spiro atoms. The van der Waals surface area contributed by atoms with Crippen LogP contribution in [0.15, 0.2) is 60.0 Å². The Morgan fingerprint density at radius 3 is 2.60 bits per heavy atom. The summed E-state index contributed by atoms with van der Waals surface area (Å²) in [6, 6.07) is 13.1. The predicted molar refractivity (Wildman–Crippen MR) is 97.8 cm³/mol. The molecule has 2 aromatic carbocycles. The van der Waals surface area contributed by atoms with E-state index in [2.05, 4.69) is 0 Å². The van der Waals surface area contributed by atoms with Gasteiger partial charge in [0.05, 0.1) is 17.9 Å². The molecule has 25 heavy (non-hydrogen) atoms. The molecule has 6 heteroatoms. The molecule has 2 aliphatic rings. The van der Waals surface area contributed by atoms with Crippen molar-refractivity contribution >= 4 is 29.4 Å². The van der Waals surface area contributed by atoms with Crippen molar-refractivity contribution in [2.75, 3.05) is 17.8 Å². The third-order valence-corrected chi connectivity index (χ3v) is 4.83. The third-order valence-electron chi connectivity index (χ3n) is 3.85. The van der Waals surface area contributed by atoms with Crippen molar-refractivity contribution in [3.8, 4) is 17.2 Å². The molecule has 2 heterocycles. The minimum atomic E-state index is 0.0573. The van der Waals surface area contributed by atoms with Crippen LogP contribution < -0.4 is 19.1 Å². The Balaban J connectivity index is 1.66. The fourth-order valence-corrected chi connectivity index (χ4v) is 3.60. The number of ether oxygens (including phenoxy) is 3. The Hall–Kier alpha value is -2.86. The molecule has 0 atom stereocenters. The molecule has 126 valence electrons. The molecular formula is C19H15NO4S. The first-order valence-electron chi connectivity index (χ1n) is 7.68. The Morgan fingerprint density at radius 1 is 1.08 bits per heavy atom. The van der Waals surface area contributed by atoms with Crippen LogP contribution in [0.2, 0.25) is 0 Å². The zero-order chi connectivity index (χ0) is 17.2. The second kappa shape index (κ2) is 6.57. The molecule has 0 bridgehead atoms. The molecule has 1 saturated heterocycles. The average molecular weight is 353 g/mol. The van der Waals surface area contributed by atoms with Crippen LogP contribution in [0.5, 0.6) is 17.2 Å². The summed E-state index contributed by atoms with van der Waals surface area (Å²) in [5.41, 5.74) is 1.76. The van der Waals surface area contributed by atoms with Crippen LogP contribution in [0, 0.1) is 0 Å². The predicted octanol–water partition coefficient (Wildman–Crippen LogP) is 4.02. The van der Waals surface area contributed by atoms with E-state index in [1.54, 1.807) is 12.0 Å². The topological polar surface area (TPSA) is 48.0 Å². The second-order valence-corrected chi connectivity index (χ2v) is 6.41. The monoisotopic (exact) mass is 353 g/mol. The molecule has 1 amide bonds. The van der Waals surface area contributed by atoms with E-state index in [0.29, 0.717) is 17.3 Å². The standard InChI is InChI=1S/C19H15NO4S/c1-22-15-5-3-14(4-6-15)20-18(21)12-25-19(20)11-13-2-7-16-17(10-13)24-9-8-23-16/h2-11H,12H2,1H3. The van der Waals surface area contributed by atoms with Crippen molar-refractivity contribution < 1.29 is 19.0 Å². The van der Waals surface area contributed by atoms with Crippen molar-refractivity contribution in [2.24, 2.45) is 0 Å². The van der Waals surface area contributed by atoms with Crippen LogP contribution in [-0.2, 0) is 4.79 Å². The van der Waals surface area contributed by atoms with Gasteiger partial charge in [0.25, 0.3) is 0 Å². The number of rotatable bonds is 3. The molecule has 2 aromatic rings. The van der Waals surface area contributed by atoms with E-state index in [4.69, 9.17) is 14.2 Å². The van der Waals surface area contributed by atoms with Crippen molar-refractivity contribution in [1.82, 2.24) is 0 Å². The van der Waals surface area contributed by atoms with Gasteiger partial charge in [-0.15, -0.1) is 0 Å². The van der Waals surface area contributed by atoms with E-state index >= 15 is 0 Å². The zero-order valence-corrected chi connectivity index (χ0v) is 14.3. The largest absolute Gasteiger partial charge is 0.497 e. The van der Waals surface area contributed by atoms with Gasteiger partial charge in [-0.1, -0.05) is 17.8 Å². The van der Waals surface area contributed by atoms with E-state index in [1.165, 1.54) is 24.3 Å². The number of thioether (sulfide) groups is 1. The quantitative estimate of drug-likeness (QED) is 0.834. The van der Waals surface area contributed by atoms with E-state index in [-0.39, 0.29) is 5.91 Å². The number of carbonyl (C=O) groups excluding carboxylic acids is 1. The number of anilines is 1. The summed E-state index contributed by atoms with van der Waals surface area (Å²) in [5, 5.41) is 0.877. The van der Waals surface area contributed by atoms with Crippen LogP contribution in [0.4, 0.5) is 5.69 Å². The highest BCUT2D eigenvalue weighted by atomic mass is 32.2. The van der Waals surface area contributed by atoms with Gasteiger partial charge in [0.2, 0.25) is 5.91 Å². The summed E-state index contributed by atoms with van der Waals surface area (Å²) in [4.78, 5) is 14.1. The van der Waals surface area contributed by atoms with Crippen LogP contribution in [0.1, 0.15) is 5.56 Å². The summed E-state index contributed by atoms with van der Waals surface area (Å²) in [7, 11) is 1.62. The minimum Gasteiger partial charge on any atom is -0.497 e. The minimum absolute atomic E-state index is 0.0573. The number of nitrogens with zero attached hydrogens (tertiary/aromatic N) is 1. The van der Waals surface area contributed by atoms with Crippen LogP contribution >= 0.6 is 11.8 Å². The maximum atomic E-state index is 12.3. The summed E-state index contributed by atoms with van der Waals surface area (Å²) in [6.07, 6.45) is 4.97. The molecule has 0 aromatic heterocycles. The molecule has 0 radical (unpaired) electrons. The second-order valence-electron chi connectivity index (χ2n) is 5.41. The first-order chi connectivity index (χ1) is 12.2. The Kier molecular flexibility index (Phi) is 4.11. The number of fused-ring (bicyclic) bond motifs is 1. The Morgan fingerprint density at radius 2 is 1.84 bits per heavy atom. The number of hydrogen-bond acceptors (Lipinski definition) is 5. The van der Waals surface area contributed by atoms with Crippen LogP contribution in [0.3, 0.4) is 0 Å². The Labute approximate surface area is 149 Å².